The molecule has 0 N–H and O–H groups in total. The molecule has 0 radical (unpaired) electrons. The first kappa shape index (κ1) is 43.2. The van der Waals surface area contributed by atoms with Crippen LogP contribution in [-0.4, -0.2) is 15.8 Å². The van der Waals surface area contributed by atoms with Gasteiger partial charge in [0.1, 0.15) is 22.3 Å². The third-order valence-electron chi connectivity index (χ3n) is 20.3. The minimum atomic E-state index is -0.801. The number of aromatic nitrogens is 2. The molecule has 14 aromatic carbocycles. The van der Waals surface area contributed by atoms with Crippen LogP contribution in [0.1, 0.15) is 74.6 Å². The summed E-state index contributed by atoms with van der Waals surface area (Å²) in [7, 11) is 0. The minimum Gasteiger partial charge on any atom is -0.456 e. The molecule has 0 unspecified atom stereocenters. The molecule has 0 fully saturated rings. The lowest BCUT2D eigenvalue weighted by Gasteiger charge is -2.45. The number of rotatable bonds is 7. The van der Waals surface area contributed by atoms with Gasteiger partial charge in [0, 0.05) is 66.3 Å². The molecule has 6 nitrogen and oxygen atoms in total. The van der Waals surface area contributed by atoms with Gasteiger partial charge < -0.3 is 27.8 Å². The molecule has 0 amide bonds. The Morgan fingerprint density at radius 2 is 0.818 bits per heavy atom. The van der Waals surface area contributed by atoms with Crippen molar-refractivity contribution in [3.63, 3.8) is 0 Å². The van der Waals surface area contributed by atoms with Crippen molar-refractivity contribution in [2.45, 2.75) is 52.4 Å². The predicted molar refractivity (Wildman–Crippen MR) is 417 cm³/mol. The maximum atomic E-state index is 10.2. The number of hydrogen-bond donors (Lipinski definition) is 0. The Morgan fingerprint density at radius 3 is 1.44 bits per heavy atom. The molecule has 0 atom stereocenters. The zero-order valence-electron chi connectivity index (χ0n) is 70.7. The second-order valence-electron chi connectivity index (χ2n) is 28.0. The van der Waals surface area contributed by atoms with Crippen molar-refractivity contribution in [1.82, 2.24) is 9.13 Å². The molecule has 6 heterocycles. The van der Waals surface area contributed by atoms with Crippen LogP contribution in [0, 0.1) is 0 Å². The average molecular weight is 1290 g/mol. The fourth-order valence-electron chi connectivity index (χ4n) is 15.7. The summed E-state index contributed by atoms with van der Waals surface area (Å²) in [5.74, 6) is 0. The molecule has 18 aromatic rings. The van der Waals surface area contributed by atoms with Crippen LogP contribution in [0.3, 0.4) is 0 Å². The summed E-state index contributed by atoms with van der Waals surface area (Å²) in [5.41, 5.74) is 14.5. The maximum Gasteiger partial charge on any atom is 0.252 e. The first-order valence-corrected chi connectivity index (χ1v) is 33.3. The highest BCUT2D eigenvalue weighted by molar-refractivity contribution is 7.00. The molecule has 0 spiro atoms. The van der Waals surface area contributed by atoms with E-state index in [2.05, 4.69) is 130 Å². The Kier molecular flexibility index (Phi) is 9.26. The Labute approximate surface area is 597 Å². The van der Waals surface area contributed by atoms with Crippen LogP contribution >= 0.6 is 0 Å². The lowest BCUT2D eigenvalue weighted by Crippen LogP contribution is -2.61. The molecule has 0 bridgehead atoms. The Hall–Kier alpha value is -12.1. The van der Waals surface area contributed by atoms with Gasteiger partial charge in [-0.2, -0.15) is 0 Å². The first-order valence-electron chi connectivity index (χ1n) is 41.3. The van der Waals surface area contributed by atoms with Gasteiger partial charge in [-0.25, -0.2) is 0 Å². The highest BCUT2D eigenvalue weighted by atomic mass is 16.3. The van der Waals surface area contributed by atoms with Crippen LogP contribution in [0.5, 0.6) is 0 Å². The van der Waals surface area contributed by atoms with Gasteiger partial charge >= 0.3 is 0 Å². The number of furan rings is 2. The molecule has 20 rings (SSSR count). The van der Waals surface area contributed by atoms with Gasteiger partial charge in [0.15, 0.2) is 0 Å². The smallest absolute Gasteiger partial charge is 0.252 e. The summed E-state index contributed by atoms with van der Waals surface area (Å²) in [5, 5.41) is 2.43. The zero-order valence-corrected chi connectivity index (χ0v) is 54.7. The molecule has 0 saturated heterocycles. The molecule has 4 aromatic heterocycles. The molecule has 470 valence electrons. The largest absolute Gasteiger partial charge is 0.456 e. The standard InChI is InChI=1S/C92H67BN4O2/c1-91(2,3)61-42-39-57(40-43-61)65-45-48-85-88(71-32-15-21-38-84(71)98-85)90(65)97-78-50-59(58-25-22-26-62(49-58)92(4,5)6)41-46-72(78)93-73-47-44-63(94-74-33-16-10-27-66(74)67-28-11-17-34-75(67)94)53-79(73)96(80-51-60(56-23-8-7-9-24-56)52-86-87(80)70-31-14-20-37-83(70)99-86)81-54-64(55-82(97)89(81)93)95-76-35-18-12-29-68(76)69-30-13-19-36-77(69)95/h7-55H,1-6H3/i10D,11D,12D,13D,16D,17D,18D,19D,27D,28D,29D,30D,33D,34D,35D,36D. The SMILES string of the molecule is [2H]c1c([2H])c([2H])c2c(c1[2H])c1c([2H])c([2H])c([2H])c([2H])c1n2-c1ccc2c(c1)N(c1cc(-c3ccccc3)cc3oc4ccccc4c13)c1cc(-n3c4c([2H])c([2H])c([2H])c([2H])c4c4c([2H])c([2H])c([2H])c([2H])c43)cc3c1B2c1ccc(-c2cccc(C(C)(C)C)c2)cc1N3c1c(-c2ccc(C(C)(C)C)cc2)ccc2oc3ccccc3c12. The van der Waals surface area contributed by atoms with Crippen LogP contribution in [0.15, 0.2) is 306 Å². The van der Waals surface area contributed by atoms with Crippen LogP contribution in [0.25, 0.3) is 132 Å². The van der Waals surface area contributed by atoms with Gasteiger partial charge in [-0.3, -0.25) is 0 Å². The van der Waals surface area contributed by atoms with Crippen LogP contribution in [0.2, 0.25) is 0 Å². The van der Waals surface area contributed by atoms with E-state index in [0.717, 1.165) is 66.1 Å². The van der Waals surface area contributed by atoms with Gasteiger partial charge in [-0.1, -0.05) is 248 Å². The van der Waals surface area contributed by atoms with Gasteiger partial charge in [-0.05, 0) is 157 Å². The van der Waals surface area contributed by atoms with Crippen molar-refractivity contribution in [3.05, 3.63) is 308 Å². The average Bonchev–Trinajstić information content (AvgIpc) is 1.68. The Bertz CT molecular complexity index is 7260. The molecule has 0 aliphatic carbocycles. The molecular weight excluding hydrogens is 1200 g/mol. The lowest BCUT2D eigenvalue weighted by atomic mass is 9.33. The summed E-state index contributed by atoms with van der Waals surface area (Å²) in [6.45, 7) is 12.3. The van der Waals surface area contributed by atoms with Gasteiger partial charge in [0.05, 0.1) is 71.8 Å². The van der Waals surface area contributed by atoms with E-state index in [4.69, 9.17) is 11.6 Å². The van der Waals surface area contributed by atoms with Crippen molar-refractivity contribution < 1.29 is 30.8 Å². The predicted octanol–water partition coefficient (Wildman–Crippen LogP) is 23.4. The highest BCUT2D eigenvalue weighted by Crippen LogP contribution is 2.55. The molecular formula is C92H67BN4O2. The fourth-order valence-corrected chi connectivity index (χ4v) is 15.7. The van der Waals surface area contributed by atoms with E-state index in [9.17, 15) is 19.2 Å². The van der Waals surface area contributed by atoms with Crippen molar-refractivity contribution in [3.8, 4) is 44.8 Å². The minimum absolute atomic E-state index is 0.0958. The number of fused-ring (bicyclic) bond motifs is 16. The lowest BCUT2D eigenvalue weighted by molar-refractivity contribution is 0.590. The summed E-state index contributed by atoms with van der Waals surface area (Å²) in [4.78, 5) is 4.39. The monoisotopic (exact) mass is 1290 g/mol. The first-order chi connectivity index (χ1) is 55.0. The van der Waals surface area contributed by atoms with Crippen molar-refractivity contribution in [2.75, 3.05) is 9.80 Å². The number of nitrogens with zero attached hydrogens (tertiary/aromatic N) is 4. The number of hydrogen-bond acceptors (Lipinski definition) is 4. The number of benzene rings is 14. The van der Waals surface area contributed by atoms with Gasteiger partial charge in [0.25, 0.3) is 6.71 Å². The quantitative estimate of drug-likeness (QED) is 0.149. The zero-order chi connectivity index (χ0) is 80.1. The third-order valence-corrected chi connectivity index (χ3v) is 20.3. The number of anilines is 6. The van der Waals surface area contributed by atoms with E-state index in [0.29, 0.717) is 72.8 Å². The summed E-state index contributed by atoms with van der Waals surface area (Å²) in [6.07, 6.45) is 0. The van der Waals surface area contributed by atoms with E-state index >= 15 is 0 Å². The van der Waals surface area contributed by atoms with Crippen LogP contribution in [-0.2, 0) is 10.8 Å². The second-order valence-corrected chi connectivity index (χ2v) is 28.0. The van der Waals surface area contributed by atoms with Crippen molar-refractivity contribution >= 4 is 145 Å². The third kappa shape index (κ3) is 8.63. The van der Waals surface area contributed by atoms with E-state index in [1.54, 1.807) is 4.57 Å². The van der Waals surface area contributed by atoms with Crippen LogP contribution < -0.4 is 26.2 Å². The molecule has 0 saturated carbocycles. The second kappa shape index (κ2) is 21.2. The molecule has 2 aliphatic heterocycles. The summed E-state index contributed by atoms with van der Waals surface area (Å²) < 4.78 is 170. The fraction of sp³-hybridized carbons (Fsp3) is 0.0870. The normalized spacial score (nSPS) is 15.4. The number of para-hydroxylation sites is 6. The Morgan fingerprint density at radius 1 is 0.323 bits per heavy atom. The maximum absolute atomic E-state index is 10.2. The van der Waals surface area contributed by atoms with Gasteiger partial charge in [-0.15, -0.1) is 0 Å². The van der Waals surface area contributed by atoms with Crippen LogP contribution in [0.4, 0.5) is 34.1 Å². The molecule has 7 heteroatoms. The van der Waals surface area contributed by atoms with E-state index in [-0.39, 0.29) is 65.8 Å². The van der Waals surface area contributed by atoms with E-state index < -0.39 is 103 Å². The van der Waals surface area contributed by atoms with Crippen molar-refractivity contribution in [1.29, 1.82) is 0 Å². The topological polar surface area (TPSA) is 42.6 Å². The summed E-state index contributed by atoms with van der Waals surface area (Å²) >= 11 is 0. The summed E-state index contributed by atoms with van der Waals surface area (Å²) in [6, 6.07) is 58.0. The molecule has 2 aliphatic rings. The van der Waals surface area contributed by atoms with E-state index in [1.165, 1.54) is 4.57 Å². The Balaban J connectivity index is 1.03. The van der Waals surface area contributed by atoms with Gasteiger partial charge in [0.2, 0.25) is 0 Å². The van der Waals surface area contributed by atoms with Crippen molar-refractivity contribution in [2.24, 2.45) is 0 Å². The highest BCUT2D eigenvalue weighted by Gasteiger charge is 2.46. The molecule has 99 heavy (non-hydrogen) atoms. The van der Waals surface area contributed by atoms with E-state index in [1.807, 2.05) is 121 Å².